The third-order valence-electron chi connectivity index (χ3n) is 1.74. The van der Waals surface area contributed by atoms with Gasteiger partial charge < -0.3 is 10.0 Å². The quantitative estimate of drug-likeness (QED) is 0.755. The van der Waals surface area contributed by atoms with Crippen LogP contribution in [0.4, 0.5) is 5.13 Å². The van der Waals surface area contributed by atoms with Crippen molar-refractivity contribution in [2.45, 2.75) is 19.9 Å². The van der Waals surface area contributed by atoms with Gasteiger partial charge in [-0.3, -0.25) is 0 Å². The summed E-state index contributed by atoms with van der Waals surface area (Å²) in [7, 11) is 1.90. The lowest BCUT2D eigenvalue weighted by Gasteiger charge is -2.21. The molecule has 1 rings (SSSR count). The first-order chi connectivity index (χ1) is 5.65. The monoisotopic (exact) mass is 187 g/mol. The van der Waals surface area contributed by atoms with E-state index in [4.69, 9.17) is 5.11 Å². The van der Waals surface area contributed by atoms with Gasteiger partial charge in [0.15, 0.2) is 0 Å². The summed E-state index contributed by atoms with van der Waals surface area (Å²) in [5, 5.41) is 18.6. The van der Waals surface area contributed by atoms with E-state index in [2.05, 4.69) is 10.2 Å². The van der Waals surface area contributed by atoms with Gasteiger partial charge in [-0.25, -0.2) is 0 Å². The zero-order chi connectivity index (χ0) is 9.14. The Bertz CT molecular complexity index is 251. The van der Waals surface area contributed by atoms with Crippen molar-refractivity contribution in [1.29, 1.82) is 0 Å². The largest absolute Gasteiger partial charge is 0.394 e. The summed E-state index contributed by atoms with van der Waals surface area (Å²) in [4.78, 5) is 1.92. The summed E-state index contributed by atoms with van der Waals surface area (Å²) in [6.45, 7) is 3.99. The average molecular weight is 187 g/mol. The smallest absolute Gasteiger partial charge is 0.208 e. The van der Waals surface area contributed by atoms with Gasteiger partial charge in [0.25, 0.3) is 0 Å². The van der Waals surface area contributed by atoms with Crippen molar-refractivity contribution in [1.82, 2.24) is 10.2 Å². The number of nitrogens with zero attached hydrogens (tertiary/aromatic N) is 3. The molecule has 12 heavy (non-hydrogen) atoms. The molecule has 0 aliphatic carbocycles. The molecule has 0 aliphatic heterocycles. The van der Waals surface area contributed by atoms with Crippen LogP contribution in [0.5, 0.6) is 0 Å². The SMILES string of the molecule is Cc1nnc(N(C)[C@H](C)CO)s1. The fourth-order valence-corrected chi connectivity index (χ4v) is 1.49. The van der Waals surface area contributed by atoms with Crippen molar-refractivity contribution >= 4 is 16.5 Å². The van der Waals surface area contributed by atoms with Crippen LogP contribution in [0.25, 0.3) is 0 Å². The van der Waals surface area contributed by atoms with E-state index in [1.54, 1.807) is 0 Å². The topological polar surface area (TPSA) is 49.2 Å². The van der Waals surface area contributed by atoms with E-state index in [1.165, 1.54) is 11.3 Å². The number of aliphatic hydroxyl groups excluding tert-OH is 1. The Balaban J connectivity index is 2.70. The van der Waals surface area contributed by atoms with Crippen molar-refractivity contribution in [3.63, 3.8) is 0 Å². The number of aromatic nitrogens is 2. The molecule has 1 atom stereocenters. The van der Waals surface area contributed by atoms with Crippen LogP contribution >= 0.6 is 11.3 Å². The van der Waals surface area contributed by atoms with Crippen molar-refractivity contribution in [2.75, 3.05) is 18.6 Å². The molecule has 0 spiro atoms. The van der Waals surface area contributed by atoms with E-state index < -0.39 is 0 Å². The highest BCUT2D eigenvalue weighted by atomic mass is 32.1. The third-order valence-corrected chi connectivity index (χ3v) is 2.67. The number of rotatable bonds is 3. The second kappa shape index (κ2) is 3.82. The molecule has 1 heterocycles. The Morgan fingerprint density at radius 3 is 2.67 bits per heavy atom. The number of hydrogen-bond acceptors (Lipinski definition) is 5. The summed E-state index contributed by atoms with van der Waals surface area (Å²) >= 11 is 1.53. The van der Waals surface area contributed by atoms with Gasteiger partial charge in [0.05, 0.1) is 12.6 Å². The van der Waals surface area contributed by atoms with Crippen LogP contribution < -0.4 is 4.90 Å². The minimum atomic E-state index is 0.0948. The van der Waals surface area contributed by atoms with E-state index in [9.17, 15) is 0 Å². The first-order valence-electron chi connectivity index (χ1n) is 3.79. The van der Waals surface area contributed by atoms with E-state index in [0.29, 0.717) is 0 Å². The lowest BCUT2D eigenvalue weighted by molar-refractivity contribution is 0.270. The highest BCUT2D eigenvalue weighted by molar-refractivity contribution is 7.15. The predicted octanol–water partition coefficient (Wildman–Crippen LogP) is 0.664. The number of aliphatic hydroxyl groups is 1. The molecule has 5 heteroatoms. The first-order valence-corrected chi connectivity index (χ1v) is 4.60. The Morgan fingerprint density at radius 2 is 2.25 bits per heavy atom. The van der Waals surface area contributed by atoms with Crippen LogP contribution in [0, 0.1) is 6.92 Å². The molecule has 0 fully saturated rings. The highest BCUT2D eigenvalue weighted by Gasteiger charge is 2.12. The fourth-order valence-electron chi connectivity index (χ4n) is 0.740. The molecular weight excluding hydrogens is 174 g/mol. The van der Waals surface area contributed by atoms with Gasteiger partial charge in [-0.2, -0.15) is 0 Å². The molecule has 0 aliphatic rings. The van der Waals surface area contributed by atoms with Crippen LogP contribution in [-0.2, 0) is 0 Å². The normalized spacial score (nSPS) is 13.0. The number of aryl methyl sites for hydroxylation is 1. The van der Waals surface area contributed by atoms with E-state index in [0.717, 1.165) is 10.1 Å². The Labute approximate surface area is 75.9 Å². The molecule has 0 saturated heterocycles. The van der Waals surface area contributed by atoms with Gasteiger partial charge in [0.1, 0.15) is 5.01 Å². The van der Waals surface area contributed by atoms with Gasteiger partial charge >= 0.3 is 0 Å². The van der Waals surface area contributed by atoms with Crippen LogP contribution in [0.15, 0.2) is 0 Å². The summed E-state index contributed by atoms with van der Waals surface area (Å²) in [5.74, 6) is 0. The molecule has 1 aromatic heterocycles. The summed E-state index contributed by atoms with van der Waals surface area (Å²) < 4.78 is 0. The summed E-state index contributed by atoms with van der Waals surface area (Å²) in [6, 6.07) is 0.0948. The lowest BCUT2D eigenvalue weighted by Crippen LogP contribution is -2.31. The second-order valence-electron chi connectivity index (χ2n) is 2.75. The predicted molar refractivity (Wildman–Crippen MR) is 49.6 cm³/mol. The Hall–Kier alpha value is -0.680. The third kappa shape index (κ3) is 1.92. The molecular formula is C7H13N3OS. The maximum Gasteiger partial charge on any atom is 0.208 e. The van der Waals surface area contributed by atoms with Gasteiger partial charge in [-0.05, 0) is 13.8 Å². The highest BCUT2D eigenvalue weighted by Crippen LogP contribution is 2.19. The molecule has 68 valence electrons. The minimum absolute atomic E-state index is 0.0948. The van der Waals surface area contributed by atoms with Gasteiger partial charge in [-0.1, -0.05) is 11.3 Å². The Morgan fingerprint density at radius 1 is 1.58 bits per heavy atom. The molecule has 1 N–H and O–H groups in total. The molecule has 1 aromatic rings. The zero-order valence-corrected chi connectivity index (χ0v) is 8.30. The second-order valence-corrected chi connectivity index (χ2v) is 3.91. The molecule has 0 unspecified atom stereocenters. The Kier molecular flexibility index (Phi) is 2.99. The molecule has 4 nitrogen and oxygen atoms in total. The maximum absolute atomic E-state index is 8.89. The van der Waals surface area contributed by atoms with Crippen LogP contribution in [0.1, 0.15) is 11.9 Å². The summed E-state index contributed by atoms with van der Waals surface area (Å²) in [5.41, 5.74) is 0. The number of hydrogen-bond donors (Lipinski definition) is 1. The van der Waals surface area contributed by atoms with Gasteiger partial charge in [0.2, 0.25) is 5.13 Å². The van der Waals surface area contributed by atoms with Crippen molar-refractivity contribution in [3.8, 4) is 0 Å². The molecule has 0 amide bonds. The van der Waals surface area contributed by atoms with E-state index >= 15 is 0 Å². The van der Waals surface area contributed by atoms with E-state index in [1.807, 2.05) is 25.8 Å². The van der Waals surface area contributed by atoms with Gasteiger partial charge in [0, 0.05) is 7.05 Å². The molecule has 0 aromatic carbocycles. The van der Waals surface area contributed by atoms with Crippen molar-refractivity contribution < 1.29 is 5.11 Å². The zero-order valence-electron chi connectivity index (χ0n) is 7.48. The molecule has 0 radical (unpaired) electrons. The fraction of sp³-hybridized carbons (Fsp3) is 0.714. The van der Waals surface area contributed by atoms with E-state index in [-0.39, 0.29) is 12.6 Å². The standard InChI is InChI=1S/C7H13N3OS/c1-5(4-11)10(3)7-9-8-6(2)12-7/h5,11H,4H2,1-3H3/t5-/m1/s1. The number of likely N-dealkylation sites (N-methyl/N-ethyl adjacent to an activating group) is 1. The van der Waals surface area contributed by atoms with Crippen molar-refractivity contribution in [3.05, 3.63) is 5.01 Å². The lowest BCUT2D eigenvalue weighted by atomic mass is 10.3. The maximum atomic E-state index is 8.89. The van der Waals surface area contributed by atoms with Crippen molar-refractivity contribution in [2.24, 2.45) is 0 Å². The molecule has 0 saturated carbocycles. The first kappa shape index (κ1) is 9.41. The van der Waals surface area contributed by atoms with Crippen LogP contribution in [-0.4, -0.2) is 35.0 Å². The van der Waals surface area contributed by atoms with Crippen LogP contribution in [0.3, 0.4) is 0 Å². The average Bonchev–Trinajstić information content (AvgIpc) is 2.49. The van der Waals surface area contributed by atoms with Crippen LogP contribution in [0.2, 0.25) is 0 Å². The minimum Gasteiger partial charge on any atom is -0.394 e. The number of anilines is 1. The molecule has 0 bridgehead atoms. The van der Waals surface area contributed by atoms with Gasteiger partial charge in [-0.15, -0.1) is 10.2 Å². The summed E-state index contributed by atoms with van der Waals surface area (Å²) in [6.07, 6.45) is 0.